The van der Waals surface area contributed by atoms with Crippen LogP contribution in [0.4, 0.5) is 22.0 Å². The number of likely N-dealkylation sites (tertiary alicyclic amines) is 1. The highest BCUT2D eigenvalue weighted by Gasteiger charge is 2.39. The minimum absolute atomic E-state index is 0.0995. The molecule has 318 valence electrons. The molecule has 0 unspecified atom stereocenters. The van der Waals surface area contributed by atoms with E-state index in [9.17, 15) is 41.1 Å². The molecule has 1 amide bonds. The van der Waals surface area contributed by atoms with Crippen LogP contribution in [0.1, 0.15) is 62.5 Å². The molecule has 0 bridgehead atoms. The number of halogens is 5. The van der Waals surface area contributed by atoms with E-state index in [2.05, 4.69) is 4.98 Å². The molecular formula is C45H47F5N4O6. The first-order chi connectivity index (χ1) is 28.4. The quantitative estimate of drug-likeness (QED) is 0.0990. The van der Waals surface area contributed by atoms with Gasteiger partial charge in [0.05, 0.1) is 23.6 Å². The molecule has 0 radical (unpaired) electrons. The van der Waals surface area contributed by atoms with Crippen LogP contribution in [0.15, 0.2) is 95.8 Å². The van der Waals surface area contributed by atoms with Crippen LogP contribution in [0.25, 0.3) is 22.0 Å². The number of fused-ring (bicyclic) bond motifs is 1. The number of ether oxygens (including phenoxy) is 1. The first-order valence-corrected chi connectivity index (χ1v) is 19.5. The highest BCUT2D eigenvalue weighted by atomic mass is 19.4. The van der Waals surface area contributed by atoms with E-state index in [0.29, 0.717) is 48.0 Å². The van der Waals surface area contributed by atoms with Crippen molar-refractivity contribution in [2.45, 2.75) is 83.7 Å². The number of amides is 1. The lowest BCUT2D eigenvalue weighted by Gasteiger charge is -2.44. The number of alkyl halides is 3. The Labute approximate surface area is 344 Å². The van der Waals surface area contributed by atoms with E-state index < -0.39 is 40.4 Å². The standard InChI is InChI=1S/C42H41F5N4O4.C3H6O2/c1-41(2,40(54)55-3)49-22-20-33(21-23-49)50(25-27-8-10-28(11-9-27)29-12-16-31(17-13-29)42(45,46)47)38(52)26-51-36-7-5-4-6-34(36)39(53)48-37(51)19-15-30-14-18-32(43)24-35(30)44;1-2-3(4)5/h4-14,16-18,24,33H,15,19-23,25-26H2,1-3H3;2H2,1H3,(H,4,5). The molecule has 1 N–H and O–H groups in total. The number of rotatable bonds is 12. The zero-order valence-electron chi connectivity index (χ0n) is 33.8. The number of piperidine rings is 1. The number of carboxylic acids is 1. The Hall–Kier alpha value is -5.96. The number of methoxy groups -OCH3 is 1. The Balaban J connectivity index is 0.00000129. The molecule has 1 aliphatic rings. The van der Waals surface area contributed by atoms with Crippen molar-refractivity contribution in [3.8, 4) is 11.1 Å². The summed E-state index contributed by atoms with van der Waals surface area (Å²) in [6, 6.07) is 22.1. The third-order valence-corrected chi connectivity index (χ3v) is 10.7. The number of carboxylic acid groups (broad SMARTS) is 1. The van der Waals surface area contributed by atoms with Gasteiger partial charge in [0.1, 0.15) is 29.5 Å². The maximum absolute atomic E-state index is 14.6. The number of aliphatic carboxylic acids is 1. The van der Waals surface area contributed by atoms with Gasteiger partial charge in [0.15, 0.2) is 0 Å². The molecule has 5 aromatic rings. The van der Waals surface area contributed by atoms with E-state index in [1.807, 2.05) is 17.0 Å². The van der Waals surface area contributed by atoms with Crippen molar-refractivity contribution in [3.05, 3.63) is 135 Å². The van der Waals surface area contributed by atoms with Crippen molar-refractivity contribution in [3.63, 3.8) is 0 Å². The first kappa shape index (κ1) is 45.1. The van der Waals surface area contributed by atoms with E-state index in [1.54, 1.807) is 66.6 Å². The molecule has 0 spiro atoms. The summed E-state index contributed by atoms with van der Waals surface area (Å²) >= 11 is 0. The second-order valence-electron chi connectivity index (χ2n) is 15.0. The minimum Gasteiger partial charge on any atom is -0.481 e. The van der Waals surface area contributed by atoms with Crippen LogP contribution in [-0.4, -0.2) is 74.1 Å². The fourth-order valence-corrected chi connectivity index (χ4v) is 7.22. The van der Waals surface area contributed by atoms with Gasteiger partial charge in [0.25, 0.3) is 5.56 Å². The lowest BCUT2D eigenvalue weighted by molar-refractivity contribution is -0.155. The second-order valence-corrected chi connectivity index (χ2v) is 15.0. The van der Waals surface area contributed by atoms with E-state index in [1.165, 1.54) is 25.3 Å². The fraction of sp³-hybridized carbons (Fsp3) is 0.356. The number of benzene rings is 4. The first-order valence-electron chi connectivity index (χ1n) is 19.5. The molecule has 4 aromatic carbocycles. The molecule has 15 heteroatoms. The third kappa shape index (κ3) is 11.0. The number of carbonyl (C=O) groups is 3. The summed E-state index contributed by atoms with van der Waals surface area (Å²) in [5, 5.41) is 8.04. The Morgan fingerprint density at radius 3 is 2.05 bits per heavy atom. The number of aromatic nitrogens is 2. The van der Waals surface area contributed by atoms with Crippen LogP contribution < -0.4 is 5.56 Å². The van der Waals surface area contributed by atoms with E-state index in [4.69, 9.17) is 9.84 Å². The molecule has 0 atom stereocenters. The summed E-state index contributed by atoms with van der Waals surface area (Å²) in [4.78, 5) is 57.8. The van der Waals surface area contributed by atoms with E-state index in [0.717, 1.165) is 29.8 Å². The fourth-order valence-electron chi connectivity index (χ4n) is 7.22. The van der Waals surface area contributed by atoms with Gasteiger partial charge in [-0.3, -0.25) is 24.1 Å². The zero-order valence-corrected chi connectivity index (χ0v) is 33.8. The zero-order chi connectivity index (χ0) is 43.8. The van der Waals surface area contributed by atoms with Crippen molar-refractivity contribution in [2.24, 2.45) is 0 Å². The summed E-state index contributed by atoms with van der Waals surface area (Å²) < 4.78 is 74.3. The van der Waals surface area contributed by atoms with Crippen LogP contribution in [0, 0.1) is 11.6 Å². The highest BCUT2D eigenvalue weighted by molar-refractivity contribution is 5.82. The van der Waals surface area contributed by atoms with Gasteiger partial charge in [-0.1, -0.05) is 61.5 Å². The molecule has 10 nitrogen and oxygen atoms in total. The van der Waals surface area contributed by atoms with Gasteiger partial charge < -0.3 is 19.3 Å². The van der Waals surface area contributed by atoms with Crippen molar-refractivity contribution in [1.82, 2.24) is 19.4 Å². The Bertz CT molecular complexity index is 2360. The van der Waals surface area contributed by atoms with Crippen LogP contribution in [0.2, 0.25) is 0 Å². The predicted molar refractivity (Wildman–Crippen MR) is 216 cm³/mol. The SMILES string of the molecule is CCC(=O)O.COC(=O)C(C)(C)N1CCC(N(Cc2ccc(-c3ccc(C(F)(F)F)cc3)cc2)C(=O)Cn2c(CCc3ccc(F)cc3F)nc(=O)c3ccccc32)CC1. The maximum atomic E-state index is 14.6. The summed E-state index contributed by atoms with van der Waals surface area (Å²) in [6.45, 7) is 6.25. The molecule has 1 aliphatic heterocycles. The average molecular weight is 835 g/mol. The van der Waals surface area contributed by atoms with Crippen LogP contribution in [0.3, 0.4) is 0 Å². The van der Waals surface area contributed by atoms with E-state index >= 15 is 0 Å². The van der Waals surface area contributed by atoms with Crippen LogP contribution >= 0.6 is 0 Å². The predicted octanol–water partition coefficient (Wildman–Crippen LogP) is 8.07. The normalized spacial score (nSPS) is 13.7. The highest BCUT2D eigenvalue weighted by Crippen LogP contribution is 2.32. The molecule has 2 heterocycles. The van der Waals surface area contributed by atoms with Crippen molar-refractivity contribution in [2.75, 3.05) is 20.2 Å². The smallest absolute Gasteiger partial charge is 0.416 e. The van der Waals surface area contributed by atoms with Gasteiger partial charge in [0, 0.05) is 44.6 Å². The maximum Gasteiger partial charge on any atom is 0.416 e. The summed E-state index contributed by atoms with van der Waals surface area (Å²) in [6.07, 6.45) is -2.91. The van der Waals surface area contributed by atoms with Gasteiger partial charge in [-0.15, -0.1) is 0 Å². The van der Waals surface area contributed by atoms with Crippen molar-refractivity contribution in [1.29, 1.82) is 0 Å². The number of aryl methyl sites for hydroxylation is 2. The van der Waals surface area contributed by atoms with E-state index in [-0.39, 0.29) is 61.7 Å². The van der Waals surface area contributed by atoms with Gasteiger partial charge in [0.2, 0.25) is 5.91 Å². The second kappa shape index (κ2) is 19.4. The number of hydrogen-bond acceptors (Lipinski definition) is 7. The van der Waals surface area contributed by atoms with Crippen LogP contribution in [0.5, 0.6) is 0 Å². The number of esters is 1. The van der Waals surface area contributed by atoms with Crippen molar-refractivity contribution < 1.29 is 46.2 Å². The molecule has 60 heavy (non-hydrogen) atoms. The topological polar surface area (TPSA) is 122 Å². The molecule has 1 aromatic heterocycles. The molecule has 6 rings (SSSR count). The molecule has 1 saturated heterocycles. The summed E-state index contributed by atoms with van der Waals surface area (Å²) in [7, 11) is 1.35. The van der Waals surface area contributed by atoms with Crippen LogP contribution in [-0.2, 0) is 51.2 Å². The largest absolute Gasteiger partial charge is 0.481 e. The summed E-state index contributed by atoms with van der Waals surface area (Å²) in [5.41, 5.74) is 0.739. The lowest BCUT2D eigenvalue weighted by atomic mass is 9.95. The van der Waals surface area contributed by atoms with Gasteiger partial charge in [-0.25, -0.2) is 8.78 Å². The molecule has 0 saturated carbocycles. The molecule has 1 fully saturated rings. The summed E-state index contributed by atoms with van der Waals surface area (Å²) in [5.74, 6) is -2.52. The van der Waals surface area contributed by atoms with Gasteiger partial charge in [-0.2, -0.15) is 18.2 Å². The van der Waals surface area contributed by atoms with Crippen molar-refractivity contribution >= 4 is 28.7 Å². The van der Waals surface area contributed by atoms with Gasteiger partial charge >= 0.3 is 18.1 Å². The average Bonchev–Trinajstić information content (AvgIpc) is 3.23. The Morgan fingerprint density at radius 1 is 0.883 bits per heavy atom. The molecular weight excluding hydrogens is 788 g/mol. The van der Waals surface area contributed by atoms with Gasteiger partial charge in [-0.05, 0) is 85.7 Å². The number of hydrogen-bond donors (Lipinski definition) is 1. The molecule has 0 aliphatic carbocycles. The number of nitrogens with zero attached hydrogens (tertiary/aromatic N) is 4. The Morgan fingerprint density at radius 2 is 1.48 bits per heavy atom. The Kier molecular flexibility index (Phi) is 14.6. The lowest BCUT2D eigenvalue weighted by Crippen LogP contribution is -2.56. The minimum atomic E-state index is -4.44. The third-order valence-electron chi connectivity index (χ3n) is 10.7. The monoisotopic (exact) mass is 834 g/mol. The number of para-hydroxylation sites is 1. The number of carbonyl (C=O) groups excluding carboxylic acids is 2.